The van der Waals surface area contributed by atoms with Crippen molar-refractivity contribution in [2.45, 2.75) is 18.6 Å². The molecular formula is C19H18N2O5S. The van der Waals surface area contributed by atoms with E-state index in [1.165, 1.54) is 0 Å². The molecule has 3 rings (SSSR count). The zero-order valence-corrected chi connectivity index (χ0v) is 15.6. The van der Waals surface area contributed by atoms with Crippen LogP contribution in [-0.2, 0) is 21.3 Å². The number of esters is 1. The maximum atomic E-state index is 12.7. The molecule has 1 aromatic heterocycles. The van der Waals surface area contributed by atoms with Crippen molar-refractivity contribution in [2.75, 3.05) is 7.11 Å². The topological polar surface area (TPSA) is 98.5 Å². The lowest BCUT2D eigenvalue weighted by Gasteiger charge is -2.05. The Bertz CT molecular complexity index is 1040. The van der Waals surface area contributed by atoms with Gasteiger partial charge in [0.2, 0.25) is 11.6 Å². The molecule has 0 radical (unpaired) electrons. The number of methoxy groups -OCH3 is 1. The quantitative estimate of drug-likeness (QED) is 0.654. The molecule has 0 aliphatic heterocycles. The van der Waals surface area contributed by atoms with Crippen LogP contribution in [0, 0.1) is 6.92 Å². The smallest absolute Gasteiger partial charge is 0.361 e. The molecule has 140 valence electrons. The van der Waals surface area contributed by atoms with Crippen LogP contribution in [0.2, 0.25) is 0 Å². The highest BCUT2D eigenvalue weighted by atomic mass is 32.2. The van der Waals surface area contributed by atoms with E-state index in [-0.39, 0.29) is 12.4 Å². The Morgan fingerprint density at radius 3 is 2.41 bits per heavy atom. The number of hydrogen-bond acceptors (Lipinski definition) is 6. The molecule has 7 nitrogen and oxygen atoms in total. The molecule has 27 heavy (non-hydrogen) atoms. The normalized spacial score (nSPS) is 11.3. The Hall–Kier alpha value is -2.97. The van der Waals surface area contributed by atoms with E-state index in [0.29, 0.717) is 5.56 Å². The Morgan fingerprint density at radius 2 is 1.78 bits per heavy atom. The Kier molecular flexibility index (Phi) is 5.38. The molecule has 0 atom stereocenters. The van der Waals surface area contributed by atoms with Gasteiger partial charge in [-0.1, -0.05) is 48.0 Å². The third-order valence-corrected chi connectivity index (χ3v) is 5.12. The van der Waals surface area contributed by atoms with Gasteiger partial charge in [-0.3, -0.25) is 0 Å². The van der Waals surface area contributed by atoms with E-state index >= 15 is 0 Å². The van der Waals surface area contributed by atoms with Crippen LogP contribution in [0.5, 0.6) is 0 Å². The molecule has 0 fully saturated rings. The summed E-state index contributed by atoms with van der Waals surface area (Å²) in [6.45, 7) is 1.97. The number of sulfonamides is 1. The molecule has 1 N–H and O–H groups in total. The third-order valence-electron chi connectivity index (χ3n) is 3.83. The van der Waals surface area contributed by atoms with Crippen LogP contribution in [0.3, 0.4) is 0 Å². The maximum Gasteiger partial charge on any atom is 0.361 e. The minimum Gasteiger partial charge on any atom is -0.464 e. The van der Waals surface area contributed by atoms with Crippen LogP contribution >= 0.6 is 0 Å². The summed E-state index contributed by atoms with van der Waals surface area (Å²) < 4.78 is 37.9. The number of carbonyl (C=O) groups is 1. The highest BCUT2D eigenvalue weighted by Gasteiger charge is 2.31. The summed E-state index contributed by atoms with van der Waals surface area (Å²) in [5, 5.41) is -0.569. The molecule has 0 unspecified atom stereocenters. The van der Waals surface area contributed by atoms with Gasteiger partial charge in [-0.2, -0.15) is 0 Å². The summed E-state index contributed by atoms with van der Waals surface area (Å²) in [6, 6.07) is 16.1. The fourth-order valence-corrected chi connectivity index (χ4v) is 3.43. The molecule has 0 aliphatic rings. The zero-order valence-electron chi connectivity index (χ0n) is 14.8. The van der Waals surface area contributed by atoms with Crippen molar-refractivity contribution in [3.63, 3.8) is 0 Å². The summed E-state index contributed by atoms with van der Waals surface area (Å²) in [4.78, 5) is 16.1. The van der Waals surface area contributed by atoms with E-state index in [2.05, 4.69) is 14.4 Å². The second-order valence-corrected chi connectivity index (χ2v) is 7.49. The van der Waals surface area contributed by atoms with E-state index in [4.69, 9.17) is 4.42 Å². The van der Waals surface area contributed by atoms with Crippen LogP contribution in [0.25, 0.3) is 11.5 Å². The van der Waals surface area contributed by atoms with Gasteiger partial charge in [0.1, 0.15) is 0 Å². The number of oxazole rings is 1. The van der Waals surface area contributed by atoms with Crippen LogP contribution in [0.4, 0.5) is 0 Å². The average Bonchev–Trinajstić information content (AvgIpc) is 3.14. The molecule has 0 spiro atoms. The predicted molar refractivity (Wildman–Crippen MR) is 98.5 cm³/mol. The van der Waals surface area contributed by atoms with Gasteiger partial charge in [0, 0.05) is 12.1 Å². The highest BCUT2D eigenvalue weighted by Crippen LogP contribution is 2.26. The first-order chi connectivity index (χ1) is 12.9. The first kappa shape index (κ1) is 18.8. The molecule has 2 aromatic carbocycles. The van der Waals surface area contributed by atoms with Gasteiger partial charge >= 0.3 is 5.97 Å². The first-order valence-corrected chi connectivity index (χ1v) is 9.59. The number of aromatic nitrogens is 1. The summed E-state index contributed by atoms with van der Waals surface area (Å²) in [7, 11) is -2.97. The molecule has 3 aromatic rings. The minimum atomic E-state index is -4.12. The lowest BCUT2D eigenvalue weighted by atomic mass is 10.1. The van der Waals surface area contributed by atoms with Crippen LogP contribution in [0.1, 0.15) is 21.6 Å². The molecule has 8 heteroatoms. The predicted octanol–water partition coefficient (Wildman–Crippen LogP) is 2.92. The van der Waals surface area contributed by atoms with Crippen LogP contribution in [-0.4, -0.2) is 26.5 Å². The van der Waals surface area contributed by atoms with Crippen molar-refractivity contribution in [1.82, 2.24) is 9.71 Å². The van der Waals surface area contributed by atoms with E-state index in [1.807, 2.05) is 25.1 Å². The van der Waals surface area contributed by atoms with Crippen molar-refractivity contribution >= 4 is 16.0 Å². The van der Waals surface area contributed by atoms with Gasteiger partial charge in [-0.15, -0.1) is 0 Å². The number of nitrogens with one attached hydrogen (secondary N) is 1. The van der Waals surface area contributed by atoms with Gasteiger partial charge in [0.05, 0.1) is 7.11 Å². The molecule has 0 saturated carbocycles. The van der Waals surface area contributed by atoms with Gasteiger partial charge < -0.3 is 9.15 Å². The van der Waals surface area contributed by atoms with Crippen LogP contribution in [0.15, 0.2) is 64.1 Å². The van der Waals surface area contributed by atoms with Gasteiger partial charge in [0.25, 0.3) is 15.1 Å². The van der Waals surface area contributed by atoms with E-state index in [1.54, 1.807) is 36.4 Å². The fourth-order valence-electron chi connectivity index (χ4n) is 2.37. The minimum absolute atomic E-state index is 0.0236. The number of aryl methyl sites for hydroxylation is 1. The lowest BCUT2D eigenvalue weighted by molar-refractivity contribution is 0.0587. The standard InChI is InChI=1S/C19H18N2O5S/c1-13-8-10-15(11-9-13)17-21-16(18(22)25-2)19(26-17)27(23,24)20-12-14-6-4-3-5-7-14/h3-11,20H,12H2,1-2H3. The van der Waals surface area contributed by atoms with Crippen molar-refractivity contribution in [3.05, 3.63) is 71.4 Å². The van der Waals surface area contributed by atoms with E-state index in [0.717, 1.165) is 18.2 Å². The number of nitrogens with zero attached hydrogens (tertiary/aromatic N) is 1. The second-order valence-electron chi connectivity index (χ2n) is 5.82. The number of ether oxygens (including phenoxy) is 1. The third kappa shape index (κ3) is 4.24. The summed E-state index contributed by atoms with van der Waals surface area (Å²) >= 11 is 0. The van der Waals surface area contributed by atoms with Crippen LogP contribution < -0.4 is 4.72 Å². The van der Waals surface area contributed by atoms with E-state index < -0.39 is 26.8 Å². The molecule has 0 amide bonds. The Balaban J connectivity index is 1.97. The molecule has 0 saturated heterocycles. The Labute approximate surface area is 157 Å². The monoisotopic (exact) mass is 386 g/mol. The molecule has 0 bridgehead atoms. The lowest BCUT2D eigenvalue weighted by Crippen LogP contribution is -2.24. The molecular weight excluding hydrogens is 368 g/mol. The number of rotatable bonds is 6. The zero-order chi connectivity index (χ0) is 19.4. The maximum absolute atomic E-state index is 12.7. The van der Waals surface area contributed by atoms with Gasteiger partial charge in [-0.05, 0) is 24.6 Å². The van der Waals surface area contributed by atoms with Crippen molar-refractivity contribution in [2.24, 2.45) is 0 Å². The summed E-state index contributed by atoms with van der Waals surface area (Å²) in [5.74, 6) is -0.868. The number of benzene rings is 2. The first-order valence-electron chi connectivity index (χ1n) is 8.10. The fraction of sp³-hybridized carbons (Fsp3) is 0.158. The Morgan fingerprint density at radius 1 is 1.11 bits per heavy atom. The van der Waals surface area contributed by atoms with Gasteiger partial charge in [0.15, 0.2) is 0 Å². The summed E-state index contributed by atoms with van der Waals surface area (Å²) in [5.41, 5.74) is 1.94. The number of carbonyl (C=O) groups excluding carboxylic acids is 1. The second kappa shape index (κ2) is 7.73. The summed E-state index contributed by atoms with van der Waals surface area (Å²) in [6.07, 6.45) is 0. The van der Waals surface area contributed by atoms with Gasteiger partial charge in [-0.25, -0.2) is 22.9 Å². The van der Waals surface area contributed by atoms with Crippen molar-refractivity contribution in [1.29, 1.82) is 0 Å². The van der Waals surface area contributed by atoms with Crippen molar-refractivity contribution < 1.29 is 22.4 Å². The number of hydrogen-bond donors (Lipinski definition) is 1. The largest absolute Gasteiger partial charge is 0.464 e. The SMILES string of the molecule is COC(=O)c1nc(-c2ccc(C)cc2)oc1S(=O)(=O)NCc1ccccc1. The molecule has 1 heterocycles. The van der Waals surface area contributed by atoms with E-state index in [9.17, 15) is 13.2 Å². The average molecular weight is 386 g/mol. The highest BCUT2D eigenvalue weighted by molar-refractivity contribution is 7.89. The molecule has 0 aliphatic carbocycles. The van der Waals surface area contributed by atoms with Crippen molar-refractivity contribution in [3.8, 4) is 11.5 Å².